The van der Waals surface area contributed by atoms with Crippen LogP contribution in [0.3, 0.4) is 0 Å². The molecule has 2 saturated carbocycles. The number of carbonyl (C=O) groups is 1. The Hall–Kier alpha value is -1.95. The molecule has 140 valence electrons. The van der Waals surface area contributed by atoms with E-state index >= 15 is 0 Å². The molecule has 0 amide bonds. The number of carboxylic acids is 1. The number of hydrogen-bond donors (Lipinski definition) is 2. The van der Waals surface area contributed by atoms with Gasteiger partial charge in [-0.25, -0.2) is 13.1 Å². The van der Waals surface area contributed by atoms with Crippen molar-refractivity contribution < 1.29 is 18.3 Å². The quantitative estimate of drug-likeness (QED) is 0.671. The van der Waals surface area contributed by atoms with E-state index in [2.05, 4.69) is 4.72 Å². The summed E-state index contributed by atoms with van der Waals surface area (Å²) < 4.78 is 27.4. The van der Waals surface area contributed by atoms with Crippen LogP contribution in [0.25, 0.3) is 0 Å². The largest absolute Gasteiger partial charge is 0.480 e. The highest BCUT2D eigenvalue weighted by Crippen LogP contribution is 2.34. The molecule has 0 spiro atoms. The highest BCUT2D eigenvalue weighted by Gasteiger charge is 2.38. The SMILES string of the molecule is N#Cc1cccc(CS(=O)(=O)NC2CC(N(CC(=O)O)CC3CC3)C2)c1. The lowest BCUT2D eigenvalue weighted by molar-refractivity contribution is -0.139. The lowest BCUT2D eigenvalue weighted by atomic mass is 9.86. The Morgan fingerprint density at radius 2 is 2.08 bits per heavy atom. The molecule has 0 unspecified atom stereocenters. The Bertz CT molecular complexity index is 808. The number of nitrogens with zero attached hydrogens (tertiary/aromatic N) is 2. The van der Waals surface area contributed by atoms with Gasteiger partial charge in [-0.3, -0.25) is 9.69 Å². The van der Waals surface area contributed by atoms with Gasteiger partial charge in [-0.05, 0) is 49.3 Å². The smallest absolute Gasteiger partial charge is 0.317 e. The summed E-state index contributed by atoms with van der Waals surface area (Å²) in [6, 6.07) is 8.55. The van der Waals surface area contributed by atoms with Crippen molar-refractivity contribution in [3.8, 4) is 6.07 Å². The summed E-state index contributed by atoms with van der Waals surface area (Å²) in [7, 11) is -3.50. The molecular weight excluding hydrogens is 354 g/mol. The van der Waals surface area contributed by atoms with Gasteiger partial charge in [0, 0.05) is 18.6 Å². The molecule has 2 N–H and O–H groups in total. The number of carboxylic acid groups (broad SMARTS) is 1. The van der Waals surface area contributed by atoms with Gasteiger partial charge in [0.1, 0.15) is 0 Å². The fraction of sp³-hybridized carbons (Fsp3) is 0.556. The monoisotopic (exact) mass is 377 g/mol. The first-order chi connectivity index (χ1) is 12.3. The molecule has 0 saturated heterocycles. The molecule has 2 fully saturated rings. The van der Waals surface area contributed by atoms with Crippen LogP contribution >= 0.6 is 0 Å². The number of nitrogens with one attached hydrogen (secondary N) is 1. The van der Waals surface area contributed by atoms with Crippen molar-refractivity contribution in [3.05, 3.63) is 35.4 Å². The van der Waals surface area contributed by atoms with Crippen LogP contribution in [0.5, 0.6) is 0 Å². The minimum Gasteiger partial charge on any atom is -0.480 e. The van der Waals surface area contributed by atoms with E-state index in [1.807, 2.05) is 11.0 Å². The number of nitriles is 1. The van der Waals surface area contributed by atoms with Crippen LogP contribution in [0, 0.1) is 17.2 Å². The summed E-state index contributed by atoms with van der Waals surface area (Å²) in [5.74, 6) is -0.408. The summed E-state index contributed by atoms with van der Waals surface area (Å²) in [5.41, 5.74) is 1.01. The second-order valence-corrected chi connectivity index (χ2v) is 9.03. The highest BCUT2D eigenvalue weighted by atomic mass is 32.2. The van der Waals surface area contributed by atoms with Crippen molar-refractivity contribution in [2.75, 3.05) is 13.1 Å². The molecule has 1 aromatic carbocycles. The van der Waals surface area contributed by atoms with E-state index in [1.54, 1.807) is 24.3 Å². The molecule has 0 aromatic heterocycles. The average Bonchev–Trinajstić information content (AvgIpc) is 3.33. The Kier molecular flexibility index (Phi) is 5.61. The number of aliphatic carboxylic acids is 1. The molecule has 1 aromatic rings. The highest BCUT2D eigenvalue weighted by molar-refractivity contribution is 7.88. The van der Waals surface area contributed by atoms with E-state index in [0.717, 1.165) is 19.4 Å². The lowest BCUT2D eigenvalue weighted by Gasteiger charge is -2.42. The van der Waals surface area contributed by atoms with E-state index in [1.165, 1.54) is 0 Å². The third-order valence-electron chi connectivity index (χ3n) is 4.92. The molecule has 0 heterocycles. The Labute approximate surface area is 153 Å². The average molecular weight is 377 g/mol. The molecule has 2 aliphatic carbocycles. The minimum atomic E-state index is -3.50. The summed E-state index contributed by atoms with van der Waals surface area (Å²) in [6.07, 6.45) is 3.58. The van der Waals surface area contributed by atoms with Gasteiger partial charge in [0.05, 0.1) is 23.9 Å². The van der Waals surface area contributed by atoms with Crippen LogP contribution in [0.2, 0.25) is 0 Å². The van der Waals surface area contributed by atoms with Gasteiger partial charge in [0.2, 0.25) is 10.0 Å². The summed E-state index contributed by atoms with van der Waals surface area (Å²) in [6.45, 7) is 0.805. The van der Waals surface area contributed by atoms with Gasteiger partial charge in [-0.2, -0.15) is 5.26 Å². The van der Waals surface area contributed by atoms with Crippen molar-refractivity contribution in [2.24, 2.45) is 5.92 Å². The summed E-state index contributed by atoms with van der Waals surface area (Å²) >= 11 is 0. The van der Waals surface area contributed by atoms with Crippen molar-refractivity contribution >= 4 is 16.0 Å². The molecule has 0 radical (unpaired) electrons. The number of sulfonamides is 1. The minimum absolute atomic E-state index is 0.0155. The van der Waals surface area contributed by atoms with Crippen LogP contribution in [-0.2, 0) is 20.6 Å². The lowest BCUT2D eigenvalue weighted by Crippen LogP contribution is -2.55. The molecule has 8 heteroatoms. The van der Waals surface area contributed by atoms with Gasteiger partial charge in [0.15, 0.2) is 0 Å². The maximum absolute atomic E-state index is 12.3. The second kappa shape index (κ2) is 7.74. The van der Waals surface area contributed by atoms with Gasteiger partial charge in [0.25, 0.3) is 0 Å². The van der Waals surface area contributed by atoms with Gasteiger partial charge >= 0.3 is 5.97 Å². The van der Waals surface area contributed by atoms with Gasteiger partial charge in [-0.15, -0.1) is 0 Å². The van der Waals surface area contributed by atoms with E-state index in [9.17, 15) is 13.2 Å². The number of benzene rings is 1. The van der Waals surface area contributed by atoms with Crippen LogP contribution in [0.1, 0.15) is 36.8 Å². The van der Waals surface area contributed by atoms with E-state index in [0.29, 0.717) is 29.9 Å². The summed E-state index contributed by atoms with van der Waals surface area (Å²) in [4.78, 5) is 13.0. The van der Waals surface area contributed by atoms with Crippen LogP contribution in [0.15, 0.2) is 24.3 Å². The van der Waals surface area contributed by atoms with Crippen LogP contribution in [-0.4, -0.2) is 49.6 Å². The topological polar surface area (TPSA) is 110 Å². The zero-order chi connectivity index (χ0) is 18.7. The molecular formula is C18H23N3O4S. The number of rotatable bonds is 9. The summed E-state index contributed by atoms with van der Waals surface area (Å²) in [5, 5.41) is 18.0. The Morgan fingerprint density at radius 1 is 1.35 bits per heavy atom. The van der Waals surface area contributed by atoms with Crippen LogP contribution < -0.4 is 4.72 Å². The molecule has 0 aliphatic heterocycles. The van der Waals surface area contributed by atoms with E-state index < -0.39 is 16.0 Å². The molecule has 2 aliphatic rings. The predicted molar refractivity (Wildman–Crippen MR) is 95.7 cm³/mol. The van der Waals surface area contributed by atoms with Crippen molar-refractivity contribution in [1.29, 1.82) is 5.26 Å². The number of hydrogen-bond acceptors (Lipinski definition) is 5. The first kappa shape index (κ1) is 18.8. The first-order valence-corrected chi connectivity index (χ1v) is 10.4. The molecule has 7 nitrogen and oxygen atoms in total. The molecule has 0 atom stereocenters. The second-order valence-electron chi connectivity index (χ2n) is 7.28. The molecule has 26 heavy (non-hydrogen) atoms. The van der Waals surface area contributed by atoms with Crippen molar-refractivity contribution in [1.82, 2.24) is 9.62 Å². The van der Waals surface area contributed by atoms with Crippen molar-refractivity contribution in [3.63, 3.8) is 0 Å². The van der Waals surface area contributed by atoms with Gasteiger partial charge < -0.3 is 5.11 Å². The zero-order valence-electron chi connectivity index (χ0n) is 14.5. The standard InChI is InChI=1S/C18H23N3O4S/c19-9-14-2-1-3-15(6-14)12-26(24,25)20-16-7-17(8-16)21(11-18(22)23)10-13-4-5-13/h1-3,6,13,16-17,20H,4-5,7-8,10-12H2,(H,22,23). The Morgan fingerprint density at radius 3 is 2.69 bits per heavy atom. The molecule has 0 bridgehead atoms. The van der Waals surface area contributed by atoms with Crippen molar-refractivity contribution in [2.45, 2.75) is 43.5 Å². The Balaban J connectivity index is 1.51. The maximum Gasteiger partial charge on any atom is 0.317 e. The normalized spacial score (nSPS) is 22.6. The van der Waals surface area contributed by atoms with E-state index in [4.69, 9.17) is 10.4 Å². The maximum atomic E-state index is 12.3. The molecule has 3 rings (SSSR count). The third kappa shape index (κ3) is 5.27. The zero-order valence-corrected chi connectivity index (χ0v) is 15.3. The third-order valence-corrected chi connectivity index (χ3v) is 6.32. The van der Waals surface area contributed by atoms with Gasteiger partial charge in [-0.1, -0.05) is 12.1 Å². The van der Waals surface area contributed by atoms with E-state index in [-0.39, 0.29) is 24.4 Å². The predicted octanol–water partition coefficient (Wildman–Crippen LogP) is 1.31. The fourth-order valence-electron chi connectivity index (χ4n) is 3.38. The van der Waals surface area contributed by atoms with Crippen LogP contribution in [0.4, 0.5) is 0 Å². The first-order valence-electron chi connectivity index (χ1n) is 8.79. The fourth-order valence-corrected chi connectivity index (χ4v) is 4.78.